The van der Waals surface area contributed by atoms with E-state index in [4.69, 9.17) is 5.11 Å². The van der Waals surface area contributed by atoms with Gasteiger partial charge in [-0.05, 0) is 25.3 Å². The molecule has 1 fully saturated rings. The predicted octanol–water partition coefficient (Wildman–Crippen LogP) is 2.68. The van der Waals surface area contributed by atoms with E-state index in [0.29, 0.717) is 18.4 Å². The molecule has 0 spiro atoms. The SMILES string of the molecule is Cc1ccccc1C(=O)[C@H]1CCC[C@H]1C(=O)O. The minimum absolute atomic E-state index is 0.00648. The predicted molar refractivity (Wildman–Crippen MR) is 64.0 cm³/mol. The largest absolute Gasteiger partial charge is 0.481 e. The van der Waals surface area contributed by atoms with E-state index in [-0.39, 0.29) is 11.7 Å². The fourth-order valence-electron chi connectivity index (χ4n) is 2.62. The molecule has 90 valence electrons. The Bertz CT molecular complexity index is 451. The lowest BCUT2D eigenvalue weighted by Gasteiger charge is -2.15. The van der Waals surface area contributed by atoms with Crippen molar-refractivity contribution in [3.05, 3.63) is 35.4 Å². The van der Waals surface area contributed by atoms with E-state index in [1.165, 1.54) is 0 Å². The number of hydrogen-bond donors (Lipinski definition) is 1. The molecule has 0 aromatic heterocycles. The number of aryl methyl sites for hydroxylation is 1. The molecule has 0 amide bonds. The van der Waals surface area contributed by atoms with Gasteiger partial charge in [0.15, 0.2) is 5.78 Å². The van der Waals surface area contributed by atoms with Gasteiger partial charge in [0.25, 0.3) is 0 Å². The van der Waals surface area contributed by atoms with Gasteiger partial charge in [0.2, 0.25) is 0 Å². The summed E-state index contributed by atoms with van der Waals surface area (Å²) in [5, 5.41) is 9.10. The van der Waals surface area contributed by atoms with Crippen molar-refractivity contribution in [2.75, 3.05) is 0 Å². The van der Waals surface area contributed by atoms with E-state index < -0.39 is 11.9 Å². The molecular weight excluding hydrogens is 216 g/mol. The third-order valence-corrected chi connectivity index (χ3v) is 3.58. The minimum atomic E-state index is -0.838. The van der Waals surface area contributed by atoms with Gasteiger partial charge in [0, 0.05) is 11.5 Å². The highest BCUT2D eigenvalue weighted by atomic mass is 16.4. The van der Waals surface area contributed by atoms with Gasteiger partial charge in [-0.2, -0.15) is 0 Å². The Balaban J connectivity index is 2.26. The second-order valence-corrected chi connectivity index (χ2v) is 4.66. The molecule has 0 aliphatic heterocycles. The van der Waals surface area contributed by atoms with Gasteiger partial charge in [-0.1, -0.05) is 30.7 Å². The van der Waals surface area contributed by atoms with Crippen LogP contribution in [0.4, 0.5) is 0 Å². The van der Waals surface area contributed by atoms with Crippen LogP contribution in [-0.4, -0.2) is 16.9 Å². The lowest BCUT2D eigenvalue weighted by atomic mass is 9.87. The molecule has 1 aliphatic carbocycles. The molecule has 1 saturated carbocycles. The van der Waals surface area contributed by atoms with E-state index >= 15 is 0 Å². The summed E-state index contributed by atoms with van der Waals surface area (Å²) in [6.07, 6.45) is 2.15. The highest BCUT2D eigenvalue weighted by Crippen LogP contribution is 2.34. The standard InChI is InChI=1S/C14H16O3/c1-9-5-2-3-6-10(9)13(15)11-7-4-8-12(11)14(16)17/h2-3,5-6,11-12H,4,7-8H2,1H3,(H,16,17)/t11-,12+/m0/s1. The molecule has 1 aliphatic rings. The van der Waals surface area contributed by atoms with E-state index in [1.54, 1.807) is 6.07 Å². The van der Waals surface area contributed by atoms with Gasteiger partial charge in [0.1, 0.15) is 0 Å². The molecule has 3 heteroatoms. The van der Waals surface area contributed by atoms with Crippen LogP contribution < -0.4 is 0 Å². The van der Waals surface area contributed by atoms with Gasteiger partial charge in [0.05, 0.1) is 5.92 Å². The van der Waals surface area contributed by atoms with Crippen LogP contribution in [0.5, 0.6) is 0 Å². The van der Waals surface area contributed by atoms with E-state index in [9.17, 15) is 9.59 Å². The van der Waals surface area contributed by atoms with Gasteiger partial charge >= 0.3 is 5.97 Å². The fourth-order valence-corrected chi connectivity index (χ4v) is 2.62. The van der Waals surface area contributed by atoms with Crippen LogP contribution in [0.25, 0.3) is 0 Å². The molecule has 2 rings (SSSR count). The van der Waals surface area contributed by atoms with Gasteiger partial charge in [-0.25, -0.2) is 0 Å². The zero-order valence-electron chi connectivity index (χ0n) is 9.85. The first-order valence-electron chi connectivity index (χ1n) is 5.94. The normalized spacial score (nSPS) is 23.6. The number of carbonyl (C=O) groups excluding carboxylic acids is 1. The van der Waals surface area contributed by atoms with Crippen LogP contribution in [-0.2, 0) is 4.79 Å². The Labute approximate surface area is 100 Å². The maximum absolute atomic E-state index is 12.3. The van der Waals surface area contributed by atoms with Crippen LogP contribution in [0, 0.1) is 18.8 Å². The number of carboxylic acids is 1. The summed E-state index contributed by atoms with van der Waals surface area (Å²) in [6, 6.07) is 7.38. The van der Waals surface area contributed by atoms with Crippen LogP contribution in [0.1, 0.15) is 35.2 Å². The summed E-state index contributed by atoms with van der Waals surface area (Å²) >= 11 is 0. The van der Waals surface area contributed by atoms with Crippen molar-refractivity contribution in [2.45, 2.75) is 26.2 Å². The number of rotatable bonds is 3. The Morgan fingerprint density at radius 3 is 2.47 bits per heavy atom. The fraction of sp³-hybridized carbons (Fsp3) is 0.429. The number of carbonyl (C=O) groups is 2. The summed E-state index contributed by atoms with van der Waals surface area (Å²) < 4.78 is 0. The van der Waals surface area contributed by atoms with Crippen molar-refractivity contribution in [1.29, 1.82) is 0 Å². The minimum Gasteiger partial charge on any atom is -0.481 e. The summed E-state index contributed by atoms with van der Waals surface area (Å²) in [7, 11) is 0. The quantitative estimate of drug-likeness (QED) is 0.815. The topological polar surface area (TPSA) is 54.4 Å². The van der Waals surface area contributed by atoms with Gasteiger partial charge in [-0.15, -0.1) is 0 Å². The molecular formula is C14H16O3. The highest BCUT2D eigenvalue weighted by molar-refractivity contribution is 6.01. The number of carboxylic acid groups (broad SMARTS) is 1. The van der Waals surface area contributed by atoms with E-state index in [0.717, 1.165) is 12.0 Å². The average molecular weight is 232 g/mol. The lowest BCUT2D eigenvalue weighted by molar-refractivity contribution is -0.142. The molecule has 3 nitrogen and oxygen atoms in total. The third-order valence-electron chi connectivity index (χ3n) is 3.58. The molecule has 2 atom stereocenters. The van der Waals surface area contributed by atoms with Crippen LogP contribution in [0.3, 0.4) is 0 Å². The second-order valence-electron chi connectivity index (χ2n) is 4.66. The molecule has 1 aromatic rings. The smallest absolute Gasteiger partial charge is 0.307 e. The van der Waals surface area contributed by atoms with E-state index in [2.05, 4.69) is 0 Å². The summed E-state index contributed by atoms with van der Waals surface area (Å²) in [6.45, 7) is 1.89. The Kier molecular flexibility index (Phi) is 3.27. The Morgan fingerprint density at radius 1 is 1.18 bits per heavy atom. The summed E-state index contributed by atoms with van der Waals surface area (Å²) in [5.74, 6) is -1.68. The van der Waals surface area contributed by atoms with Crippen molar-refractivity contribution < 1.29 is 14.7 Å². The Morgan fingerprint density at radius 2 is 1.82 bits per heavy atom. The van der Waals surface area contributed by atoms with Crippen molar-refractivity contribution in [3.8, 4) is 0 Å². The van der Waals surface area contributed by atoms with Crippen molar-refractivity contribution >= 4 is 11.8 Å². The number of ketones is 1. The van der Waals surface area contributed by atoms with Crippen molar-refractivity contribution in [1.82, 2.24) is 0 Å². The molecule has 17 heavy (non-hydrogen) atoms. The first-order chi connectivity index (χ1) is 8.11. The third kappa shape index (κ3) is 2.23. The lowest BCUT2D eigenvalue weighted by Crippen LogP contribution is -2.25. The molecule has 0 saturated heterocycles. The number of benzene rings is 1. The molecule has 1 N–H and O–H groups in total. The average Bonchev–Trinajstić information content (AvgIpc) is 2.77. The van der Waals surface area contributed by atoms with Gasteiger partial charge in [-0.3, -0.25) is 9.59 Å². The number of hydrogen-bond acceptors (Lipinski definition) is 2. The maximum Gasteiger partial charge on any atom is 0.307 e. The van der Waals surface area contributed by atoms with Crippen LogP contribution in [0.15, 0.2) is 24.3 Å². The first kappa shape index (κ1) is 11.8. The molecule has 0 heterocycles. The zero-order chi connectivity index (χ0) is 12.4. The molecule has 0 radical (unpaired) electrons. The molecule has 0 unspecified atom stereocenters. The Hall–Kier alpha value is -1.64. The van der Waals surface area contributed by atoms with Crippen molar-refractivity contribution in [2.24, 2.45) is 11.8 Å². The second kappa shape index (κ2) is 4.70. The molecule has 0 bridgehead atoms. The highest BCUT2D eigenvalue weighted by Gasteiger charge is 2.38. The van der Waals surface area contributed by atoms with Crippen LogP contribution >= 0.6 is 0 Å². The monoisotopic (exact) mass is 232 g/mol. The summed E-state index contributed by atoms with van der Waals surface area (Å²) in [4.78, 5) is 23.4. The van der Waals surface area contributed by atoms with Crippen LogP contribution in [0.2, 0.25) is 0 Å². The molecule has 1 aromatic carbocycles. The number of aliphatic carboxylic acids is 1. The zero-order valence-corrected chi connectivity index (χ0v) is 9.85. The first-order valence-corrected chi connectivity index (χ1v) is 5.94. The maximum atomic E-state index is 12.3. The van der Waals surface area contributed by atoms with E-state index in [1.807, 2.05) is 25.1 Å². The van der Waals surface area contributed by atoms with Crippen molar-refractivity contribution in [3.63, 3.8) is 0 Å². The number of Topliss-reactive ketones (excluding diaryl/α,β-unsaturated/α-hetero) is 1. The summed E-state index contributed by atoms with van der Waals surface area (Å²) in [5.41, 5.74) is 1.60. The van der Waals surface area contributed by atoms with Gasteiger partial charge < -0.3 is 5.11 Å².